The topological polar surface area (TPSA) is 55.8 Å². The summed E-state index contributed by atoms with van der Waals surface area (Å²) in [5.41, 5.74) is 1.52. The molecular formula is C13H19NO4S. The van der Waals surface area contributed by atoms with E-state index < -0.39 is 10.0 Å². The molecule has 0 aromatic heterocycles. The van der Waals surface area contributed by atoms with E-state index in [9.17, 15) is 8.42 Å². The first-order valence-corrected chi connectivity index (χ1v) is 7.72. The molecule has 1 aliphatic rings. The fourth-order valence-electron chi connectivity index (χ4n) is 2.08. The number of benzene rings is 1. The van der Waals surface area contributed by atoms with Gasteiger partial charge in [0.15, 0.2) is 0 Å². The molecule has 0 bridgehead atoms. The van der Waals surface area contributed by atoms with Crippen LogP contribution in [0.4, 0.5) is 0 Å². The Labute approximate surface area is 114 Å². The van der Waals surface area contributed by atoms with E-state index in [1.54, 1.807) is 19.1 Å². The van der Waals surface area contributed by atoms with Gasteiger partial charge in [0, 0.05) is 6.54 Å². The van der Waals surface area contributed by atoms with Crippen LogP contribution in [0.25, 0.3) is 0 Å². The van der Waals surface area contributed by atoms with Crippen molar-refractivity contribution in [3.8, 4) is 5.75 Å². The van der Waals surface area contributed by atoms with E-state index in [4.69, 9.17) is 9.47 Å². The highest BCUT2D eigenvalue weighted by Crippen LogP contribution is 2.28. The molecule has 19 heavy (non-hydrogen) atoms. The van der Waals surface area contributed by atoms with Crippen LogP contribution in [0.2, 0.25) is 0 Å². The number of nitrogens with zero attached hydrogens (tertiary/aromatic N) is 1. The van der Waals surface area contributed by atoms with Crippen LogP contribution in [0.3, 0.4) is 0 Å². The molecule has 0 N–H and O–H groups in total. The minimum absolute atomic E-state index is 0.133. The molecule has 0 spiro atoms. The number of sulfonamides is 1. The van der Waals surface area contributed by atoms with Gasteiger partial charge in [-0.2, -0.15) is 4.31 Å². The number of aryl methyl sites for hydroxylation is 2. The number of ether oxygens (including phenoxy) is 2. The molecule has 1 heterocycles. The zero-order valence-corrected chi connectivity index (χ0v) is 12.3. The summed E-state index contributed by atoms with van der Waals surface area (Å²) >= 11 is 0. The SMILES string of the molecule is CCOc1cc(C)c(S(=O)(=O)N2CCOC2)cc1C. The Kier molecular flexibility index (Phi) is 4.13. The highest BCUT2D eigenvalue weighted by atomic mass is 32.2. The zero-order valence-electron chi connectivity index (χ0n) is 11.5. The average Bonchev–Trinajstić information content (AvgIpc) is 2.88. The Morgan fingerprint density at radius 3 is 2.63 bits per heavy atom. The molecule has 1 saturated heterocycles. The lowest BCUT2D eigenvalue weighted by atomic mass is 10.1. The Morgan fingerprint density at radius 1 is 1.32 bits per heavy atom. The summed E-state index contributed by atoms with van der Waals surface area (Å²) in [5, 5.41) is 0. The lowest BCUT2D eigenvalue weighted by Gasteiger charge is -2.17. The maximum Gasteiger partial charge on any atom is 0.245 e. The van der Waals surface area contributed by atoms with Crippen LogP contribution in [0, 0.1) is 13.8 Å². The van der Waals surface area contributed by atoms with Gasteiger partial charge in [-0.25, -0.2) is 8.42 Å². The van der Waals surface area contributed by atoms with Gasteiger partial charge in [0.05, 0.1) is 18.1 Å². The highest BCUT2D eigenvalue weighted by molar-refractivity contribution is 7.89. The minimum Gasteiger partial charge on any atom is -0.494 e. The fraction of sp³-hybridized carbons (Fsp3) is 0.538. The third kappa shape index (κ3) is 2.75. The Bertz CT molecular complexity index is 562. The summed E-state index contributed by atoms with van der Waals surface area (Å²) in [4.78, 5) is 0.332. The van der Waals surface area contributed by atoms with E-state index in [2.05, 4.69) is 0 Å². The summed E-state index contributed by atoms with van der Waals surface area (Å²) < 4.78 is 36.9. The van der Waals surface area contributed by atoms with Gasteiger partial charge in [0.25, 0.3) is 0 Å². The quantitative estimate of drug-likeness (QED) is 0.844. The van der Waals surface area contributed by atoms with Crippen LogP contribution in [0.15, 0.2) is 17.0 Å². The highest BCUT2D eigenvalue weighted by Gasteiger charge is 2.29. The minimum atomic E-state index is -3.47. The number of rotatable bonds is 4. The molecule has 1 aromatic carbocycles. The lowest BCUT2D eigenvalue weighted by Crippen LogP contribution is -2.29. The fourth-order valence-corrected chi connectivity index (χ4v) is 3.68. The van der Waals surface area contributed by atoms with Gasteiger partial charge in [-0.3, -0.25) is 0 Å². The number of hydrogen-bond acceptors (Lipinski definition) is 4. The monoisotopic (exact) mass is 285 g/mol. The predicted octanol–water partition coefficient (Wildman–Crippen LogP) is 1.68. The van der Waals surface area contributed by atoms with E-state index in [1.807, 2.05) is 13.8 Å². The van der Waals surface area contributed by atoms with E-state index in [-0.39, 0.29) is 6.73 Å². The van der Waals surface area contributed by atoms with Crippen molar-refractivity contribution in [3.63, 3.8) is 0 Å². The normalized spacial score (nSPS) is 16.8. The molecule has 1 aliphatic heterocycles. The molecule has 0 radical (unpaired) electrons. The molecule has 0 aliphatic carbocycles. The Balaban J connectivity index is 2.42. The molecule has 0 amide bonds. The van der Waals surface area contributed by atoms with Gasteiger partial charge in [-0.05, 0) is 44.0 Å². The maximum atomic E-state index is 12.5. The van der Waals surface area contributed by atoms with Crippen molar-refractivity contribution < 1.29 is 17.9 Å². The zero-order chi connectivity index (χ0) is 14.0. The van der Waals surface area contributed by atoms with E-state index in [0.717, 1.165) is 11.3 Å². The summed E-state index contributed by atoms with van der Waals surface area (Å²) in [7, 11) is -3.47. The summed E-state index contributed by atoms with van der Waals surface area (Å²) in [6.45, 7) is 7.10. The first-order chi connectivity index (χ1) is 8.96. The molecule has 2 rings (SSSR count). The smallest absolute Gasteiger partial charge is 0.245 e. The van der Waals surface area contributed by atoms with Crippen LogP contribution in [-0.2, 0) is 14.8 Å². The molecule has 0 saturated carbocycles. The summed E-state index contributed by atoms with van der Waals surface area (Å²) in [6, 6.07) is 3.45. The van der Waals surface area contributed by atoms with Crippen molar-refractivity contribution in [2.24, 2.45) is 0 Å². The van der Waals surface area contributed by atoms with Crippen molar-refractivity contribution >= 4 is 10.0 Å². The average molecular weight is 285 g/mol. The van der Waals surface area contributed by atoms with Crippen LogP contribution < -0.4 is 4.74 Å². The maximum absolute atomic E-state index is 12.5. The molecular weight excluding hydrogens is 266 g/mol. The molecule has 1 fully saturated rings. The van der Waals surface area contributed by atoms with Crippen molar-refractivity contribution in [2.45, 2.75) is 25.7 Å². The standard InChI is InChI=1S/C13H19NO4S/c1-4-18-12-7-11(3)13(8-10(12)2)19(15,16)14-5-6-17-9-14/h7-8H,4-6,9H2,1-3H3. The third-order valence-electron chi connectivity index (χ3n) is 3.11. The van der Waals surface area contributed by atoms with Crippen molar-refractivity contribution in [3.05, 3.63) is 23.3 Å². The second-order valence-corrected chi connectivity index (χ2v) is 6.44. The van der Waals surface area contributed by atoms with Gasteiger partial charge >= 0.3 is 0 Å². The van der Waals surface area contributed by atoms with E-state index in [0.29, 0.717) is 30.2 Å². The summed E-state index contributed by atoms with van der Waals surface area (Å²) in [5.74, 6) is 0.733. The lowest BCUT2D eigenvalue weighted by molar-refractivity contribution is 0.172. The van der Waals surface area contributed by atoms with Gasteiger partial charge in [-0.1, -0.05) is 0 Å². The largest absolute Gasteiger partial charge is 0.494 e. The van der Waals surface area contributed by atoms with Crippen LogP contribution in [0.5, 0.6) is 5.75 Å². The van der Waals surface area contributed by atoms with Gasteiger partial charge < -0.3 is 9.47 Å². The van der Waals surface area contributed by atoms with Crippen molar-refractivity contribution in [1.29, 1.82) is 0 Å². The molecule has 0 unspecified atom stereocenters. The first-order valence-electron chi connectivity index (χ1n) is 6.28. The van der Waals surface area contributed by atoms with Crippen LogP contribution >= 0.6 is 0 Å². The van der Waals surface area contributed by atoms with E-state index >= 15 is 0 Å². The van der Waals surface area contributed by atoms with E-state index in [1.165, 1.54) is 4.31 Å². The predicted molar refractivity (Wildman–Crippen MR) is 71.8 cm³/mol. The van der Waals surface area contributed by atoms with Crippen molar-refractivity contribution in [1.82, 2.24) is 4.31 Å². The Hall–Kier alpha value is -1.11. The summed E-state index contributed by atoms with van der Waals surface area (Å²) in [6.07, 6.45) is 0. The van der Waals surface area contributed by atoms with Crippen molar-refractivity contribution in [2.75, 3.05) is 26.5 Å². The second kappa shape index (κ2) is 5.48. The third-order valence-corrected chi connectivity index (χ3v) is 5.07. The molecule has 106 valence electrons. The van der Waals surface area contributed by atoms with Gasteiger partial charge in [0.2, 0.25) is 10.0 Å². The van der Waals surface area contributed by atoms with Crippen LogP contribution in [0.1, 0.15) is 18.1 Å². The molecule has 1 aromatic rings. The molecule has 6 heteroatoms. The number of hydrogen-bond donors (Lipinski definition) is 0. The van der Waals surface area contributed by atoms with Gasteiger partial charge in [0.1, 0.15) is 12.5 Å². The van der Waals surface area contributed by atoms with Crippen LogP contribution in [-0.4, -0.2) is 39.2 Å². The first kappa shape index (κ1) is 14.3. The van der Waals surface area contributed by atoms with Gasteiger partial charge in [-0.15, -0.1) is 0 Å². The molecule has 0 atom stereocenters. The second-order valence-electron chi connectivity index (χ2n) is 4.53. The Morgan fingerprint density at radius 2 is 2.05 bits per heavy atom. The molecule has 5 nitrogen and oxygen atoms in total.